The third-order valence-corrected chi connectivity index (χ3v) is 19.5. The Morgan fingerprint density at radius 1 is 0.603 bits per heavy atom. The van der Waals surface area contributed by atoms with E-state index in [1.54, 1.807) is 77.1 Å². The van der Waals surface area contributed by atoms with Crippen LogP contribution in [-0.4, -0.2) is 96.3 Å². The molecule has 0 spiro atoms. The minimum absolute atomic E-state index is 0.0834. The van der Waals surface area contributed by atoms with Gasteiger partial charge in [0.15, 0.2) is 27.6 Å². The molecule has 0 radical (unpaired) electrons. The molecule has 0 saturated heterocycles. The maximum atomic E-state index is 13.8. The van der Waals surface area contributed by atoms with E-state index in [0.717, 1.165) is 0 Å². The van der Waals surface area contributed by atoms with Gasteiger partial charge in [0.2, 0.25) is 0 Å². The number of Topliss-reactive ketones (excluding diaryl/α,β-unsaturated/α-hetero) is 1. The van der Waals surface area contributed by atoms with Crippen molar-refractivity contribution in [3.8, 4) is 11.5 Å². The van der Waals surface area contributed by atoms with Crippen molar-refractivity contribution in [2.75, 3.05) is 39.6 Å². The van der Waals surface area contributed by atoms with Crippen LogP contribution in [0.2, 0.25) is 31.2 Å². The third-order valence-electron chi connectivity index (χ3n) is 10.3. The Balaban J connectivity index is 2.14. The van der Waals surface area contributed by atoms with Crippen LogP contribution in [0.25, 0.3) is 12.2 Å². The fraction of sp³-hybridized carbons (Fsp3) is 0.488. The molecule has 15 heteroatoms. The summed E-state index contributed by atoms with van der Waals surface area (Å²) in [5, 5.41) is -1.88. The van der Waals surface area contributed by atoms with Gasteiger partial charge in [-0.05, 0) is 115 Å². The van der Waals surface area contributed by atoms with Gasteiger partial charge < -0.3 is 37.6 Å². The van der Waals surface area contributed by atoms with Crippen molar-refractivity contribution in [2.24, 2.45) is 0 Å². The highest BCUT2D eigenvalue weighted by atomic mass is 28.4. The number of ether oxygens (including phenoxy) is 6. The van der Waals surface area contributed by atoms with Gasteiger partial charge in [-0.1, -0.05) is 45.1 Å². The number of rotatable bonds is 22. The van der Waals surface area contributed by atoms with Gasteiger partial charge in [-0.2, -0.15) is 0 Å². The number of esters is 4. The molecule has 0 aliphatic heterocycles. The van der Waals surface area contributed by atoms with Gasteiger partial charge in [-0.15, -0.1) is 0 Å². The molecular formula is C43H60O13Si2. The van der Waals surface area contributed by atoms with Crippen molar-refractivity contribution >= 4 is 63.6 Å². The van der Waals surface area contributed by atoms with Crippen LogP contribution in [-0.2, 0) is 52.1 Å². The number of hydrogen-bond acceptors (Lipinski definition) is 13. The second-order valence-electron chi connectivity index (χ2n) is 15.4. The summed E-state index contributed by atoms with van der Waals surface area (Å²) in [6.07, 6.45) is 2.77. The predicted molar refractivity (Wildman–Crippen MR) is 225 cm³/mol. The van der Waals surface area contributed by atoms with E-state index in [0.29, 0.717) is 28.2 Å². The van der Waals surface area contributed by atoms with Gasteiger partial charge in [0.05, 0.1) is 26.4 Å². The quantitative estimate of drug-likeness (QED) is 0.0293. The number of benzene rings is 2. The lowest BCUT2D eigenvalue weighted by molar-refractivity contribution is -0.148. The summed E-state index contributed by atoms with van der Waals surface area (Å²) >= 11 is 0. The van der Waals surface area contributed by atoms with E-state index in [9.17, 15) is 28.8 Å². The minimum Gasteiger partial charge on any atom is -0.486 e. The van der Waals surface area contributed by atoms with Crippen molar-refractivity contribution in [1.29, 1.82) is 0 Å². The molecule has 318 valence electrons. The average molecular weight is 841 g/mol. The number of carbonyl (C=O) groups excluding carboxylic acids is 6. The molecular weight excluding hydrogens is 781 g/mol. The first-order valence-corrected chi connectivity index (χ1v) is 25.2. The second kappa shape index (κ2) is 21.2. The van der Waals surface area contributed by atoms with Crippen molar-refractivity contribution in [2.45, 2.75) is 98.8 Å². The van der Waals surface area contributed by atoms with E-state index in [1.165, 1.54) is 12.2 Å². The van der Waals surface area contributed by atoms with Crippen molar-refractivity contribution in [3.63, 3.8) is 0 Å². The first kappa shape index (κ1) is 49.3. The lowest BCUT2D eigenvalue weighted by Crippen LogP contribution is -2.64. The predicted octanol–water partition coefficient (Wildman–Crippen LogP) is 7.18. The molecule has 0 aliphatic rings. The largest absolute Gasteiger partial charge is 0.486 e. The molecule has 0 fully saturated rings. The zero-order valence-electron chi connectivity index (χ0n) is 36.2. The minimum atomic E-state index is -2.88. The Kier molecular flexibility index (Phi) is 18.0. The molecule has 0 aromatic heterocycles. The van der Waals surface area contributed by atoms with Crippen LogP contribution in [0.15, 0.2) is 53.6 Å². The molecule has 0 amide bonds. The zero-order valence-corrected chi connectivity index (χ0v) is 38.2. The van der Waals surface area contributed by atoms with Gasteiger partial charge in [0.25, 0.3) is 0 Å². The molecule has 13 nitrogen and oxygen atoms in total. The molecule has 0 bridgehead atoms. The lowest BCUT2D eigenvalue weighted by Gasteiger charge is -2.48. The van der Waals surface area contributed by atoms with Crippen LogP contribution in [0.3, 0.4) is 0 Å². The monoisotopic (exact) mass is 840 g/mol. The van der Waals surface area contributed by atoms with Crippen LogP contribution in [0, 0.1) is 6.92 Å². The van der Waals surface area contributed by atoms with E-state index in [-0.39, 0.29) is 62.0 Å². The molecule has 0 N–H and O–H groups in total. The van der Waals surface area contributed by atoms with E-state index >= 15 is 0 Å². The summed E-state index contributed by atoms with van der Waals surface area (Å²) in [6.45, 7) is 23.6. The van der Waals surface area contributed by atoms with Crippen LogP contribution >= 0.6 is 0 Å². The molecule has 0 atom stereocenters. The number of hydrogen-bond donors (Lipinski definition) is 0. The molecule has 0 saturated carbocycles. The Hall–Kier alpha value is -4.87. The van der Waals surface area contributed by atoms with Gasteiger partial charge in [-0.25, -0.2) is 19.2 Å². The van der Waals surface area contributed by atoms with Crippen LogP contribution < -0.4 is 9.47 Å². The SMILES string of the molecule is CCOC(=O)C(=Cc1ccc(OCC(=O)C(C)(C)[Si](C)(C)OC(C)(C)[Si](C)(C)C(=O)COc2ccc(C=C(C(=O)OCC)C(=O)OCC)cc2C)cc1)C(=O)OCC. The number of aryl methyl sites for hydroxylation is 1. The lowest BCUT2D eigenvalue weighted by atomic mass is 10.1. The summed E-state index contributed by atoms with van der Waals surface area (Å²) < 4.78 is 38.8. The average Bonchev–Trinajstić information content (AvgIpc) is 3.14. The second-order valence-corrected chi connectivity index (χ2v) is 24.9. The normalized spacial score (nSPS) is 11.7. The fourth-order valence-electron chi connectivity index (χ4n) is 5.37. The van der Waals surface area contributed by atoms with Crippen molar-refractivity contribution < 1.29 is 61.6 Å². The third kappa shape index (κ3) is 12.8. The smallest absolute Gasteiger partial charge is 0.345 e. The highest BCUT2D eigenvalue weighted by Gasteiger charge is 2.54. The first-order valence-electron chi connectivity index (χ1n) is 19.3. The van der Waals surface area contributed by atoms with E-state index < -0.39 is 50.5 Å². The topological polar surface area (TPSA) is 167 Å². The summed E-state index contributed by atoms with van der Waals surface area (Å²) in [7, 11) is -5.77. The Morgan fingerprint density at radius 3 is 1.47 bits per heavy atom. The Labute approximate surface area is 344 Å². The summed E-state index contributed by atoms with van der Waals surface area (Å²) in [5.41, 5.74) is 1.30. The van der Waals surface area contributed by atoms with E-state index in [4.69, 9.17) is 32.8 Å². The molecule has 2 aromatic carbocycles. The highest BCUT2D eigenvalue weighted by molar-refractivity contribution is 7.06. The van der Waals surface area contributed by atoms with Crippen LogP contribution in [0.1, 0.15) is 72.1 Å². The fourth-order valence-corrected chi connectivity index (χ4v) is 10.5. The van der Waals surface area contributed by atoms with E-state index in [2.05, 4.69) is 0 Å². The van der Waals surface area contributed by atoms with Crippen molar-refractivity contribution in [1.82, 2.24) is 0 Å². The summed E-state index contributed by atoms with van der Waals surface area (Å²) in [5.74, 6) is -2.44. The summed E-state index contributed by atoms with van der Waals surface area (Å²) in [6, 6.07) is 11.6. The van der Waals surface area contributed by atoms with Crippen LogP contribution in [0.5, 0.6) is 11.5 Å². The molecule has 2 aromatic rings. The van der Waals surface area contributed by atoms with Crippen LogP contribution in [0.4, 0.5) is 0 Å². The first-order chi connectivity index (χ1) is 27.0. The molecule has 2 rings (SSSR count). The molecule has 58 heavy (non-hydrogen) atoms. The van der Waals surface area contributed by atoms with Crippen molar-refractivity contribution in [3.05, 3.63) is 70.3 Å². The maximum Gasteiger partial charge on any atom is 0.345 e. The molecule has 0 heterocycles. The zero-order chi connectivity index (χ0) is 44.1. The summed E-state index contributed by atoms with van der Waals surface area (Å²) in [4.78, 5) is 77.1. The van der Waals surface area contributed by atoms with Gasteiger partial charge in [-0.3, -0.25) is 4.79 Å². The highest BCUT2D eigenvalue weighted by Crippen LogP contribution is 2.43. The molecule has 0 unspecified atom stereocenters. The van der Waals surface area contributed by atoms with Gasteiger partial charge in [0, 0.05) is 10.3 Å². The van der Waals surface area contributed by atoms with Gasteiger partial charge in [0.1, 0.15) is 35.9 Å². The number of ketones is 1. The standard InChI is InChI=1S/C43H60O13Si2/c1-14-50-38(46)33(39(47)51-15-2)25-30-18-21-32(22-19-30)54-27-36(44)42(6,7)58(12,13)56-43(8,9)57(10,11)37(45)28-55-35-23-20-31(24-29(35)5)26-34(40(48)52-16-3)41(49)53-17-4/h18-26H,14-17,27-28H2,1-13H3. The number of carbonyl (C=O) groups is 6. The molecule has 0 aliphatic carbocycles. The maximum absolute atomic E-state index is 13.8. The van der Waals surface area contributed by atoms with Gasteiger partial charge >= 0.3 is 23.9 Å². The van der Waals surface area contributed by atoms with E-state index in [1.807, 2.05) is 53.9 Å². The Morgan fingerprint density at radius 2 is 1.03 bits per heavy atom. The Bertz CT molecular complexity index is 1830.